The minimum atomic E-state index is -0.0663. The number of nitrogens with zero attached hydrogens (tertiary/aromatic N) is 2. The van der Waals surface area contributed by atoms with Gasteiger partial charge in [0, 0.05) is 19.1 Å². The van der Waals surface area contributed by atoms with Crippen LogP contribution >= 0.6 is 0 Å². The number of piperidine rings is 1. The fourth-order valence-electron chi connectivity index (χ4n) is 6.04. The second-order valence-corrected chi connectivity index (χ2v) is 10.4. The first-order valence-electron chi connectivity index (χ1n) is 12.3. The van der Waals surface area contributed by atoms with Crippen LogP contribution in [-0.2, 0) is 9.59 Å². The van der Waals surface area contributed by atoms with Crippen molar-refractivity contribution in [2.75, 3.05) is 13.1 Å². The summed E-state index contributed by atoms with van der Waals surface area (Å²) in [6.45, 7) is 10.4. The molecule has 1 aliphatic carbocycles. The molecular formula is C27H38N2O2. The third kappa shape index (κ3) is 4.44. The highest BCUT2D eigenvalue weighted by Gasteiger charge is 2.45. The molecule has 31 heavy (non-hydrogen) atoms. The minimum Gasteiger partial charge on any atom is -0.366 e. The maximum absolute atomic E-state index is 13.9. The van der Waals surface area contributed by atoms with Crippen LogP contribution in [0.25, 0.3) is 5.57 Å². The lowest BCUT2D eigenvalue weighted by molar-refractivity contribution is -0.140. The standard InChI is InChI=1S/C27H38N2O2/c1-18-12-13-23(21(4)15-18)24-25(28-16-19(2)14-20(3)17-28)27(31)29(26(24)30)22-10-8-6-5-7-9-11-22/h12-13,15,19-20,22H,5-11,14,16-17H2,1-4H3. The SMILES string of the molecule is Cc1ccc(C2=C(N3CC(C)CC(C)C3)C(=O)N(C3CCCCCCC3)C2=O)c(C)c1. The molecule has 4 heteroatoms. The van der Waals surface area contributed by atoms with E-state index in [0.29, 0.717) is 23.1 Å². The van der Waals surface area contributed by atoms with E-state index in [0.717, 1.165) is 49.9 Å². The lowest BCUT2D eigenvalue weighted by atomic mass is 9.90. The van der Waals surface area contributed by atoms with Crippen LogP contribution in [0.1, 0.15) is 81.9 Å². The Bertz CT molecular complexity index is 869. The highest BCUT2D eigenvalue weighted by Crippen LogP contribution is 2.38. The van der Waals surface area contributed by atoms with Crippen molar-refractivity contribution in [3.63, 3.8) is 0 Å². The lowest BCUT2D eigenvalue weighted by Gasteiger charge is -2.37. The van der Waals surface area contributed by atoms with Gasteiger partial charge in [-0.25, -0.2) is 0 Å². The predicted molar refractivity (Wildman–Crippen MR) is 125 cm³/mol. The molecule has 0 aromatic heterocycles. The van der Waals surface area contributed by atoms with Crippen molar-refractivity contribution in [3.05, 3.63) is 40.6 Å². The summed E-state index contributed by atoms with van der Waals surface area (Å²) in [6, 6.07) is 6.27. The zero-order valence-corrected chi connectivity index (χ0v) is 19.7. The van der Waals surface area contributed by atoms with Crippen LogP contribution in [-0.4, -0.2) is 40.7 Å². The molecule has 2 atom stereocenters. The summed E-state index contributed by atoms with van der Waals surface area (Å²) in [4.78, 5) is 31.7. The van der Waals surface area contributed by atoms with Gasteiger partial charge in [-0.3, -0.25) is 14.5 Å². The molecule has 1 saturated heterocycles. The number of benzene rings is 1. The average Bonchev–Trinajstić information content (AvgIpc) is 2.92. The summed E-state index contributed by atoms with van der Waals surface area (Å²) < 4.78 is 0. The highest BCUT2D eigenvalue weighted by atomic mass is 16.2. The molecule has 4 rings (SSSR count). The number of amides is 2. The van der Waals surface area contributed by atoms with Crippen molar-refractivity contribution >= 4 is 17.4 Å². The van der Waals surface area contributed by atoms with Gasteiger partial charge in [-0.1, -0.05) is 69.7 Å². The number of hydrogen-bond donors (Lipinski definition) is 0. The Morgan fingerprint density at radius 3 is 2.06 bits per heavy atom. The largest absolute Gasteiger partial charge is 0.366 e. The maximum Gasteiger partial charge on any atom is 0.278 e. The number of carbonyl (C=O) groups is 2. The number of aryl methyl sites for hydroxylation is 2. The Morgan fingerprint density at radius 1 is 0.839 bits per heavy atom. The maximum atomic E-state index is 13.9. The average molecular weight is 423 g/mol. The topological polar surface area (TPSA) is 40.6 Å². The Balaban J connectivity index is 1.77. The zero-order valence-electron chi connectivity index (χ0n) is 19.7. The number of carbonyl (C=O) groups excluding carboxylic acids is 2. The Hall–Kier alpha value is -2.10. The van der Waals surface area contributed by atoms with Crippen LogP contribution < -0.4 is 0 Å². The molecule has 2 aliphatic heterocycles. The molecule has 1 saturated carbocycles. The van der Waals surface area contributed by atoms with E-state index in [1.807, 2.05) is 6.07 Å². The summed E-state index contributed by atoms with van der Waals surface area (Å²) in [5.41, 5.74) is 4.49. The van der Waals surface area contributed by atoms with Crippen LogP contribution in [0.2, 0.25) is 0 Å². The van der Waals surface area contributed by atoms with Crippen LogP contribution in [0.5, 0.6) is 0 Å². The van der Waals surface area contributed by atoms with E-state index in [-0.39, 0.29) is 17.9 Å². The number of imide groups is 1. The summed E-state index contributed by atoms with van der Waals surface area (Å²) in [6.07, 6.45) is 8.96. The van der Waals surface area contributed by atoms with Crippen LogP contribution in [0.3, 0.4) is 0 Å². The second kappa shape index (κ2) is 9.18. The lowest BCUT2D eigenvalue weighted by Crippen LogP contribution is -2.45. The Labute approximate surface area is 187 Å². The van der Waals surface area contributed by atoms with E-state index in [4.69, 9.17) is 0 Å². The van der Waals surface area contributed by atoms with E-state index < -0.39 is 0 Å². The fraction of sp³-hybridized carbons (Fsp3) is 0.630. The molecule has 2 amide bonds. The third-order valence-corrected chi connectivity index (χ3v) is 7.37. The van der Waals surface area contributed by atoms with Crippen molar-refractivity contribution in [1.82, 2.24) is 9.80 Å². The first kappa shape index (κ1) is 22.1. The van der Waals surface area contributed by atoms with E-state index in [1.54, 1.807) is 4.90 Å². The van der Waals surface area contributed by atoms with Gasteiger partial charge in [-0.2, -0.15) is 0 Å². The summed E-state index contributed by atoms with van der Waals surface area (Å²) in [7, 11) is 0. The highest BCUT2D eigenvalue weighted by molar-refractivity contribution is 6.36. The minimum absolute atomic E-state index is 0.0400. The van der Waals surface area contributed by atoms with Gasteiger partial charge in [-0.15, -0.1) is 0 Å². The molecule has 168 valence electrons. The van der Waals surface area contributed by atoms with Gasteiger partial charge in [0.1, 0.15) is 5.70 Å². The molecule has 2 unspecified atom stereocenters. The van der Waals surface area contributed by atoms with Crippen LogP contribution in [0.15, 0.2) is 23.9 Å². The number of rotatable bonds is 3. The molecule has 3 aliphatic rings. The number of likely N-dealkylation sites (tertiary alicyclic amines) is 1. The van der Waals surface area contributed by atoms with Gasteiger partial charge in [-0.05, 0) is 56.1 Å². The van der Waals surface area contributed by atoms with Crippen molar-refractivity contribution in [2.45, 2.75) is 85.1 Å². The van der Waals surface area contributed by atoms with E-state index in [9.17, 15) is 9.59 Å². The smallest absolute Gasteiger partial charge is 0.278 e. The number of hydrogen-bond acceptors (Lipinski definition) is 3. The summed E-state index contributed by atoms with van der Waals surface area (Å²) in [5.74, 6) is 0.931. The zero-order chi connectivity index (χ0) is 22.1. The third-order valence-electron chi connectivity index (χ3n) is 7.37. The Morgan fingerprint density at radius 2 is 1.45 bits per heavy atom. The van der Waals surface area contributed by atoms with Crippen molar-refractivity contribution < 1.29 is 9.59 Å². The molecule has 0 radical (unpaired) electrons. The fourth-order valence-corrected chi connectivity index (χ4v) is 6.04. The van der Waals surface area contributed by atoms with E-state index in [1.165, 1.54) is 31.2 Å². The van der Waals surface area contributed by atoms with Gasteiger partial charge in [0.2, 0.25) is 0 Å². The van der Waals surface area contributed by atoms with E-state index >= 15 is 0 Å². The summed E-state index contributed by atoms with van der Waals surface area (Å²) >= 11 is 0. The molecule has 4 nitrogen and oxygen atoms in total. The molecule has 1 aromatic rings. The van der Waals surface area contributed by atoms with Crippen molar-refractivity contribution in [3.8, 4) is 0 Å². The second-order valence-electron chi connectivity index (χ2n) is 10.4. The normalized spacial score (nSPS) is 26.5. The van der Waals surface area contributed by atoms with Gasteiger partial charge < -0.3 is 4.90 Å². The molecule has 2 heterocycles. The molecule has 2 fully saturated rings. The van der Waals surface area contributed by atoms with Gasteiger partial charge in [0.15, 0.2) is 0 Å². The van der Waals surface area contributed by atoms with Gasteiger partial charge >= 0.3 is 0 Å². The predicted octanol–water partition coefficient (Wildman–Crippen LogP) is 5.47. The van der Waals surface area contributed by atoms with Crippen LogP contribution in [0, 0.1) is 25.7 Å². The molecule has 0 spiro atoms. The molecule has 0 N–H and O–H groups in total. The van der Waals surface area contributed by atoms with Crippen molar-refractivity contribution in [1.29, 1.82) is 0 Å². The molecule has 1 aromatic carbocycles. The van der Waals surface area contributed by atoms with Crippen molar-refractivity contribution in [2.24, 2.45) is 11.8 Å². The monoisotopic (exact) mass is 422 g/mol. The van der Waals surface area contributed by atoms with E-state index in [2.05, 4.69) is 44.7 Å². The summed E-state index contributed by atoms with van der Waals surface area (Å²) in [5, 5.41) is 0. The first-order valence-corrected chi connectivity index (χ1v) is 12.3. The Kier molecular flexibility index (Phi) is 6.55. The molecule has 0 bridgehead atoms. The first-order chi connectivity index (χ1) is 14.9. The quantitative estimate of drug-likeness (QED) is 0.606. The molecular weight excluding hydrogens is 384 g/mol. The van der Waals surface area contributed by atoms with Gasteiger partial charge in [0.25, 0.3) is 11.8 Å². The van der Waals surface area contributed by atoms with Gasteiger partial charge in [0.05, 0.1) is 5.57 Å². The van der Waals surface area contributed by atoms with Crippen LogP contribution in [0.4, 0.5) is 0 Å².